The molecule has 0 atom stereocenters. The average molecular weight is 904 g/mol. The van der Waals surface area contributed by atoms with Gasteiger partial charge in [0.2, 0.25) is 11.9 Å². The number of rotatable bonds is 7. The van der Waals surface area contributed by atoms with Gasteiger partial charge in [0, 0.05) is 32.5 Å². The topological polar surface area (TPSA) is 48.5 Å². The Labute approximate surface area is 409 Å². The van der Waals surface area contributed by atoms with Crippen molar-refractivity contribution in [2.45, 2.75) is 52.9 Å². The van der Waals surface area contributed by atoms with Crippen LogP contribution in [0, 0.1) is 6.92 Å². The Morgan fingerprint density at radius 2 is 0.886 bits per heavy atom. The highest BCUT2D eigenvalue weighted by Crippen LogP contribution is 2.53. The normalized spacial score (nSPS) is 12.6. The zero-order valence-electron chi connectivity index (χ0n) is 40.3. The molecule has 70 heavy (non-hydrogen) atoms. The molecule has 0 unspecified atom stereocenters. The van der Waals surface area contributed by atoms with E-state index in [-0.39, 0.29) is 5.41 Å². The predicted octanol–water partition coefficient (Wildman–Crippen LogP) is 16.5. The monoisotopic (exact) mass is 903 g/mol. The summed E-state index contributed by atoms with van der Waals surface area (Å²) in [4.78, 5) is 15.7. The molecule has 0 bridgehead atoms. The van der Waals surface area contributed by atoms with Gasteiger partial charge in [-0.05, 0) is 111 Å². The number of hydrogen-bond acceptors (Lipinski definition) is 3. The molecule has 1 aliphatic carbocycles. The zero-order valence-corrected chi connectivity index (χ0v) is 40.3. The second kappa shape index (κ2) is 17.3. The minimum absolute atomic E-state index is 0.164. The first-order valence-electron chi connectivity index (χ1n) is 24.6. The van der Waals surface area contributed by atoms with Gasteiger partial charge in [0.05, 0.1) is 22.1 Å². The minimum atomic E-state index is -0.164. The molecule has 0 saturated carbocycles. The zero-order chi connectivity index (χ0) is 47.5. The maximum atomic E-state index is 5.32. The lowest BCUT2D eigenvalue weighted by Gasteiger charge is -2.22. The highest BCUT2D eigenvalue weighted by Gasteiger charge is 2.38. The van der Waals surface area contributed by atoms with Gasteiger partial charge in [0.25, 0.3) is 0 Å². The molecule has 0 fully saturated rings. The lowest BCUT2D eigenvalue weighted by Crippen LogP contribution is -2.15. The van der Waals surface area contributed by atoms with Crippen LogP contribution in [0.15, 0.2) is 206 Å². The summed E-state index contributed by atoms with van der Waals surface area (Å²) in [6.07, 6.45) is 2.17. The molecule has 0 aliphatic heterocycles. The van der Waals surface area contributed by atoms with Crippen LogP contribution < -0.4 is 0 Å². The first kappa shape index (κ1) is 42.9. The van der Waals surface area contributed by atoms with E-state index >= 15 is 0 Å². The molecule has 1 aliphatic rings. The molecule has 0 N–H and O–H groups in total. The summed E-state index contributed by atoms with van der Waals surface area (Å²) in [5.74, 6) is 1.81. The van der Waals surface area contributed by atoms with Crippen LogP contribution in [-0.4, -0.2) is 24.1 Å². The second-order valence-electron chi connectivity index (χ2n) is 19.1. The maximum absolute atomic E-state index is 5.32. The van der Waals surface area contributed by atoms with E-state index < -0.39 is 0 Å². The van der Waals surface area contributed by atoms with Crippen molar-refractivity contribution in [2.75, 3.05) is 0 Å². The number of aryl methyl sites for hydroxylation is 3. The van der Waals surface area contributed by atoms with Gasteiger partial charge in [-0.15, -0.1) is 0 Å². The van der Waals surface area contributed by atoms with Crippen LogP contribution >= 0.6 is 0 Å². The first-order chi connectivity index (χ1) is 34.3. The molecule has 0 spiro atoms. The van der Waals surface area contributed by atoms with E-state index in [1.54, 1.807) is 0 Å². The van der Waals surface area contributed by atoms with Crippen molar-refractivity contribution in [3.05, 3.63) is 234 Å². The van der Waals surface area contributed by atoms with Crippen molar-refractivity contribution in [3.63, 3.8) is 0 Å². The van der Waals surface area contributed by atoms with E-state index in [2.05, 4.69) is 232 Å². The summed E-state index contributed by atoms with van der Waals surface area (Å²) in [5.41, 5.74) is 19.6. The number of fused-ring (bicyclic) bond motifs is 10. The van der Waals surface area contributed by atoms with E-state index in [0.29, 0.717) is 17.7 Å². The molecule has 5 heteroatoms. The van der Waals surface area contributed by atoms with Crippen LogP contribution in [-0.2, 0) is 18.3 Å². The third-order valence-electron chi connectivity index (χ3n) is 14.4. The second-order valence-corrected chi connectivity index (χ2v) is 19.1. The molecule has 0 saturated heterocycles. The van der Waals surface area contributed by atoms with Crippen molar-refractivity contribution in [1.29, 1.82) is 0 Å². The number of hydrogen-bond donors (Lipinski definition) is 0. The average Bonchev–Trinajstić information content (AvgIpc) is 4.02. The standard InChI is InChI=1S/C42H29N5.C23H24/c1-42(2)32-20-10-6-16-27(32)30-24-25-36-37(38(30)42)31-19-9-13-23-35(31)47(36)41-44-39(26-14-4-3-5-15-26)43-40(45-41)46-33-21-11-7-17-28(33)29-18-8-12-22-34(29)46;1-4-18-6-10-20(11-7-18)22-14-17(3)15-23(16-22)21-12-8-19(5-2)9-13-21/h3-25H,1-2H3;6-16H,4-5H2,1-3H3. The van der Waals surface area contributed by atoms with Gasteiger partial charge in [-0.3, -0.25) is 9.13 Å². The van der Waals surface area contributed by atoms with Gasteiger partial charge in [-0.25, -0.2) is 0 Å². The quantitative estimate of drug-likeness (QED) is 0.160. The highest BCUT2D eigenvalue weighted by molar-refractivity contribution is 6.14. The number of benzene rings is 9. The maximum Gasteiger partial charge on any atom is 0.240 e. The Morgan fingerprint density at radius 3 is 1.46 bits per heavy atom. The summed E-state index contributed by atoms with van der Waals surface area (Å²) in [6.45, 7) is 11.3. The van der Waals surface area contributed by atoms with Crippen LogP contribution in [0.5, 0.6) is 0 Å². The summed E-state index contributed by atoms with van der Waals surface area (Å²) >= 11 is 0. The van der Waals surface area contributed by atoms with Crippen LogP contribution in [0.4, 0.5) is 0 Å². The third kappa shape index (κ3) is 7.20. The van der Waals surface area contributed by atoms with Crippen molar-refractivity contribution in [3.8, 4) is 56.7 Å². The van der Waals surface area contributed by atoms with Gasteiger partial charge < -0.3 is 0 Å². The molecule has 5 nitrogen and oxygen atoms in total. The van der Waals surface area contributed by atoms with Crippen molar-refractivity contribution in [2.24, 2.45) is 0 Å². The van der Waals surface area contributed by atoms with Gasteiger partial charge in [-0.1, -0.05) is 204 Å². The summed E-state index contributed by atoms with van der Waals surface area (Å²) in [7, 11) is 0. The Bertz CT molecular complexity index is 3810. The lowest BCUT2D eigenvalue weighted by molar-refractivity contribution is 0.666. The van der Waals surface area contributed by atoms with Crippen LogP contribution in [0.1, 0.15) is 55.5 Å². The Balaban J connectivity index is 0.000000185. The number of para-hydroxylation sites is 3. The fourth-order valence-corrected chi connectivity index (χ4v) is 10.9. The predicted molar refractivity (Wildman–Crippen MR) is 292 cm³/mol. The molecule has 3 heterocycles. The van der Waals surface area contributed by atoms with Crippen LogP contribution in [0.25, 0.3) is 100 Å². The molecular weight excluding hydrogens is 851 g/mol. The van der Waals surface area contributed by atoms with Gasteiger partial charge >= 0.3 is 0 Å². The third-order valence-corrected chi connectivity index (χ3v) is 14.4. The molecule has 0 radical (unpaired) electrons. The summed E-state index contributed by atoms with van der Waals surface area (Å²) in [5, 5.41) is 4.78. The SMILES string of the molecule is CC1(C)c2ccccc2-c2ccc3c(c21)c1ccccc1n3-c1nc(-c2ccccc2)nc(-n2c3ccccc3c3ccccc32)n1.CCc1ccc(-c2cc(C)cc(-c3ccc(CC)cc3)c2)cc1. The van der Waals surface area contributed by atoms with E-state index in [1.807, 2.05) is 18.2 Å². The Hall–Kier alpha value is -8.41. The van der Waals surface area contributed by atoms with Crippen LogP contribution in [0.3, 0.4) is 0 Å². The van der Waals surface area contributed by atoms with E-state index in [9.17, 15) is 0 Å². The fourth-order valence-electron chi connectivity index (χ4n) is 10.9. The van der Waals surface area contributed by atoms with Crippen molar-refractivity contribution in [1.82, 2.24) is 24.1 Å². The summed E-state index contributed by atoms with van der Waals surface area (Å²) < 4.78 is 4.41. The van der Waals surface area contributed by atoms with Gasteiger partial charge in [-0.2, -0.15) is 15.0 Å². The van der Waals surface area contributed by atoms with Crippen molar-refractivity contribution >= 4 is 43.6 Å². The molecule has 12 aromatic rings. The van der Waals surface area contributed by atoms with Gasteiger partial charge in [0.1, 0.15) is 0 Å². The smallest absolute Gasteiger partial charge is 0.240 e. The van der Waals surface area contributed by atoms with E-state index in [0.717, 1.165) is 40.5 Å². The number of aromatic nitrogens is 5. The Kier molecular flexibility index (Phi) is 10.6. The van der Waals surface area contributed by atoms with E-state index in [4.69, 9.17) is 15.0 Å². The van der Waals surface area contributed by atoms with Crippen molar-refractivity contribution < 1.29 is 0 Å². The van der Waals surface area contributed by atoms with Gasteiger partial charge in [0.15, 0.2) is 5.82 Å². The number of nitrogens with zero attached hydrogens (tertiary/aromatic N) is 5. The molecule has 3 aromatic heterocycles. The molecule has 338 valence electrons. The molecular formula is C65H53N5. The largest absolute Gasteiger partial charge is 0.278 e. The summed E-state index contributed by atoms with van der Waals surface area (Å²) in [6, 6.07) is 73.9. The van der Waals surface area contributed by atoms with Crippen LogP contribution in [0.2, 0.25) is 0 Å². The Morgan fingerprint density at radius 1 is 0.400 bits per heavy atom. The molecule has 9 aromatic carbocycles. The molecule has 0 amide bonds. The fraction of sp³-hybridized carbons (Fsp3) is 0.123. The first-order valence-corrected chi connectivity index (χ1v) is 24.6. The minimum Gasteiger partial charge on any atom is -0.278 e. The lowest BCUT2D eigenvalue weighted by atomic mass is 9.80. The highest BCUT2D eigenvalue weighted by atomic mass is 15.3. The van der Waals surface area contributed by atoms with E-state index in [1.165, 1.54) is 82.7 Å². The molecule has 13 rings (SSSR count).